The molecule has 0 unspecified atom stereocenters. The van der Waals surface area contributed by atoms with E-state index < -0.39 is 11.8 Å². The molecule has 0 saturated carbocycles. The van der Waals surface area contributed by atoms with Crippen LogP contribution >= 0.6 is 0 Å². The number of phenolic OH excluding ortho intramolecular Hbond substituents is 1. The Morgan fingerprint density at radius 1 is 1.27 bits per heavy atom. The minimum absolute atomic E-state index is 0.104. The zero-order chi connectivity index (χ0) is 10.8. The van der Waals surface area contributed by atoms with Crippen LogP contribution in [-0.2, 0) is 0 Å². The van der Waals surface area contributed by atoms with Crippen molar-refractivity contribution in [1.82, 2.24) is 10.1 Å². The summed E-state index contributed by atoms with van der Waals surface area (Å²) in [6.07, 6.45) is 0. The summed E-state index contributed by atoms with van der Waals surface area (Å²) in [7, 11) is 0. The van der Waals surface area contributed by atoms with Crippen molar-refractivity contribution in [2.45, 2.75) is 0 Å². The fraction of sp³-hybridized carbons (Fsp3) is 0. The van der Waals surface area contributed by atoms with E-state index in [1.807, 2.05) is 0 Å². The zero-order valence-electron chi connectivity index (χ0n) is 7.41. The lowest BCUT2D eigenvalue weighted by molar-refractivity contribution is 0.0680. The van der Waals surface area contributed by atoms with Gasteiger partial charge in [0, 0.05) is 5.56 Å². The summed E-state index contributed by atoms with van der Waals surface area (Å²) in [5, 5.41) is 20.9. The fourth-order valence-corrected chi connectivity index (χ4v) is 1.03. The van der Waals surface area contributed by atoms with E-state index >= 15 is 0 Å². The van der Waals surface area contributed by atoms with Gasteiger partial charge in [0.05, 0.1) is 0 Å². The second kappa shape index (κ2) is 3.41. The average Bonchev–Trinajstić information content (AvgIpc) is 2.68. The van der Waals surface area contributed by atoms with E-state index in [-0.39, 0.29) is 11.6 Å². The molecule has 1 aromatic heterocycles. The van der Waals surface area contributed by atoms with Gasteiger partial charge in [0.15, 0.2) is 0 Å². The molecule has 1 aromatic carbocycles. The van der Waals surface area contributed by atoms with Gasteiger partial charge in [0.25, 0.3) is 11.7 Å². The summed E-state index contributed by atoms with van der Waals surface area (Å²) in [6, 6.07) is 5.99. The first-order valence-corrected chi connectivity index (χ1v) is 4.03. The standard InChI is InChI=1S/C9H6N2O4/c12-6-3-1-5(2-4-6)8-10-7(9(13)14)11-15-8/h1-4,12H,(H,13,14). The summed E-state index contributed by atoms with van der Waals surface area (Å²) in [5.41, 5.74) is 0.549. The lowest BCUT2D eigenvalue weighted by Gasteiger charge is -1.93. The van der Waals surface area contributed by atoms with Crippen LogP contribution in [0.15, 0.2) is 28.8 Å². The highest BCUT2D eigenvalue weighted by Crippen LogP contribution is 2.19. The molecule has 76 valence electrons. The van der Waals surface area contributed by atoms with Gasteiger partial charge in [-0.1, -0.05) is 0 Å². The Balaban J connectivity index is 2.37. The first-order valence-electron chi connectivity index (χ1n) is 4.03. The van der Waals surface area contributed by atoms with E-state index in [1.54, 1.807) is 12.1 Å². The third kappa shape index (κ3) is 1.78. The number of benzene rings is 1. The highest BCUT2D eigenvalue weighted by molar-refractivity contribution is 5.83. The van der Waals surface area contributed by atoms with Crippen LogP contribution in [-0.4, -0.2) is 26.3 Å². The van der Waals surface area contributed by atoms with Gasteiger partial charge in [-0.15, -0.1) is 0 Å². The predicted octanol–water partition coefficient (Wildman–Crippen LogP) is 1.14. The molecular formula is C9H6N2O4. The molecule has 0 aliphatic carbocycles. The number of carbonyl (C=O) groups is 1. The Hall–Kier alpha value is -2.37. The first kappa shape index (κ1) is 9.20. The van der Waals surface area contributed by atoms with E-state index in [4.69, 9.17) is 14.7 Å². The normalized spacial score (nSPS) is 10.1. The number of rotatable bonds is 2. The summed E-state index contributed by atoms with van der Waals surface area (Å²) in [5.74, 6) is -1.43. The molecule has 15 heavy (non-hydrogen) atoms. The molecule has 0 radical (unpaired) electrons. The molecule has 2 N–H and O–H groups in total. The minimum atomic E-state index is -1.25. The molecule has 0 aliphatic heterocycles. The van der Waals surface area contributed by atoms with E-state index in [0.717, 1.165) is 0 Å². The number of nitrogens with zero attached hydrogens (tertiary/aromatic N) is 2. The van der Waals surface area contributed by atoms with Crippen LogP contribution in [0.5, 0.6) is 5.75 Å². The second-order valence-corrected chi connectivity index (χ2v) is 2.78. The van der Waals surface area contributed by atoms with Crippen molar-refractivity contribution in [3.8, 4) is 17.2 Å². The van der Waals surface area contributed by atoms with Crippen molar-refractivity contribution in [3.05, 3.63) is 30.1 Å². The molecule has 0 atom stereocenters. The van der Waals surface area contributed by atoms with Crippen molar-refractivity contribution < 1.29 is 19.5 Å². The molecular weight excluding hydrogens is 200 g/mol. The molecule has 2 rings (SSSR count). The number of aromatic carboxylic acids is 1. The van der Waals surface area contributed by atoms with Crippen LogP contribution in [0.2, 0.25) is 0 Å². The monoisotopic (exact) mass is 206 g/mol. The molecule has 0 saturated heterocycles. The van der Waals surface area contributed by atoms with Crippen LogP contribution in [0.3, 0.4) is 0 Å². The van der Waals surface area contributed by atoms with Gasteiger partial charge < -0.3 is 14.7 Å². The number of aromatic nitrogens is 2. The van der Waals surface area contributed by atoms with Crippen LogP contribution in [0.25, 0.3) is 11.5 Å². The van der Waals surface area contributed by atoms with Crippen LogP contribution in [0.4, 0.5) is 0 Å². The van der Waals surface area contributed by atoms with Gasteiger partial charge in [-0.25, -0.2) is 4.79 Å². The maximum atomic E-state index is 10.5. The molecule has 0 fully saturated rings. The van der Waals surface area contributed by atoms with Gasteiger partial charge in [-0.3, -0.25) is 0 Å². The highest BCUT2D eigenvalue weighted by atomic mass is 16.5. The van der Waals surface area contributed by atoms with Crippen LogP contribution in [0, 0.1) is 0 Å². The van der Waals surface area contributed by atoms with Crippen molar-refractivity contribution in [2.75, 3.05) is 0 Å². The number of hydrogen-bond donors (Lipinski definition) is 2. The maximum absolute atomic E-state index is 10.5. The van der Waals surface area contributed by atoms with Crippen molar-refractivity contribution in [3.63, 3.8) is 0 Å². The Morgan fingerprint density at radius 2 is 1.93 bits per heavy atom. The molecule has 0 spiro atoms. The molecule has 6 nitrogen and oxygen atoms in total. The SMILES string of the molecule is O=C(O)c1noc(-c2ccc(O)cc2)n1. The smallest absolute Gasteiger partial charge is 0.377 e. The lowest BCUT2D eigenvalue weighted by Crippen LogP contribution is -1.98. The third-order valence-electron chi connectivity index (χ3n) is 1.73. The van der Waals surface area contributed by atoms with Gasteiger partial charge in [-0.2, -0.15) is 4.98 Å². The molecule has 0 amide bonds. The molecule has 2 aromatic rings. The van der Waals surface area contributed by atoms with Gasteiger partial charge >= 0.3 is 5.97 Å². The lowest BCUT2D eigenvalue weighted by atomic mass is 10.2. The Labute approximate surface area is 83.8 Å². The Bertz CT molecular complexity index is 489. The van der Waals surface area contributed by atoms with E-state index in [2.05, 4.69) is 10.1 Å². The van der Waals surface area contributed by atoms with Gasteiger partial charge in [0.2, 0.25) is 0 Å². The molecule has 6 heteroatoms. The van der Waals surface area contributed by atoms with Crippen molar-refractivity contribution >= 4 is 5.97 Å². The highest BCUT2D eigenvalue weighted by Gasteiger charge is 2.13. The topological polar surface area (TPSA) is 96.5 Å². The van der Waals surface area contributed by atoms with E-state index in [0.29, 0.717) is 5.56 Å². The minimum Gasteiger partial charge on any atom is -0.508 e. The van der Waals surface area contributed by atoms with E-state index in [1.165, 1.54) is 12.1 Å². The number of aromatic hydroxyl groups is 1. The number of phenols is 1. The van der Waals surface area contributed by atoms with Crippen molar-refractivity contribution in [2.24, 2.45) is 0 Å². The quantitative estimate of drug-likeness (QED) is 0.764. The summed E-state index contributed by atoms with van der Waals surface area (Å²) >= 11 is 0. The molecule has 0 aliphatic rings. The van der Waals surface area contributed by atoms with Crippen molar-refractivity contribution in [1.29, 1.82) is 0 Å². The fourth-order valence-electron chi connectivity index (χ4n) is 1.03. The first-order chi connectivity index (χ1) is 7.16. The number of carboxylic acids is 1. The number of hydrogen-bond acceptors (Lipinski definition) is 5. The zero-order valence-corrected chi connectivity index (χ0v) is 7.41. The van der Waals surface area contributed by atoms with Crippen LogP contribution in [0.1, 0.15) is 10.6 Å². The summed E-state index contributed by atoms with van der Waals surface area (Å²) < 4.78 is 4.73. The molecule has 1 heterocycles. The van der Waals surface area contributed by atoms with Crippen LogP contribution < -0.4 is 0 Å². The average molecular weight is 206 g/mol. The maximum Gasteiger partial charge on any atom is 0.377 e. The Kier molecular flexibility index (Phi) is 2.09. The van der Waals surface area contributed by atoms with E-state index in [9.17, 15) is 4.79 Å². The predicted molar refractivity (Wildman–Crippen MR) is 48.4 cm³/mol. The summed E-state index contributed by atoms with van der Waals surface area (Å²) in [6.45, 7) is 0. The second-order valence-electron chi connectivity index (χ2n) is 2.78. The van der Waals surface area contributed by atoms with Gasteiger partial charge in [-0.05, 0) is 29.4 Å². The van der Waals surface area contributed by atoms with Gasteiger partial charge in [0.1, 0.15) is 5.75 Å². The largest absolute Gasteiger partial charge is 0.508 e. The third-order valence-corrected chi connectivity index (χ3v) is 1.73. The summed E-state index contributed by atoms with van der Waals surface area (Å²) in [4.78, 5) is 14.1. The molecule has 0 bridgehead atoms. The number of carboxylic acid groups (broad SMARTS) is 1. The Morgan fingerprint density at radius 3 is 2.47 bits per heavy atom.